The maximum Gasteiger partial charge on any atom is 0.428 e. The summed E-state index contributed by atoms with van der Waals surface area (Å²) in [5, 5.41) is 0. The summed E-state index contributed by atoms with van der Waals surface area (Å²) < 4.78 is 120. The summed E-state index contributed by atoms with van der Waals surface area (Å²) in [5.74, 6) is -2.16. The van der Waals surface area contributed by atoms with Gasteiger partial charge in [0.15, 0.2) is 9.84 Å². The van der Waals surface area contributed by atoms with Crippen LogP contribution >= 0.6 is 0 Å². The molecule has 1 amide bonds. The van der Waals surface area contributed by atoms with Crippen LogP contribution in [0.15, 0.2) is 41.4 Å². The highest BCUT2D eigenvalue weighted by atomic mass is 32.2. The first kappa shape index (κ1) is 28.9. The Morgan fingerprint density at radius 2 is 1.77 bits per heavy atom. The topological polar surface area (TPSA) is 101 Å². The minimum Gasteiger partial charge on any atom is -0.337 e. The van der Waals surface area contributed by atoms with Crippen LogP contribution in [0.25, 0.3) is 0 Å². The molecule has 5 rings (SSSR count). The van der Waals surface area contributed by atoms with Crippen molar-refractivity contribution >= 4 is 25.6 Å². The lowest BCUT2D eigenvalue weighted by atomic mass is 9.78. The number of carbonyl (C=O) groups is 1. The van der Waals surface area contributed by atoms with Gasteiger partial charge in [0.2, 0.25) is 11.6 Å². The number of benzene rings is 1. The fraction of sp³-hybridized carbons (Fsp3) is 0.538. The Labute approximate surface area is 228 Å². The van der Waals surface area contributed by atoms with Crippen molar-refractivity contribution in [2.75, 3.05) is 18.1 Å². The summed E-state index contributed by atoms with van der Waals surface area (Å²) in [6.45, 7) is 0.318. The van der Waals surface area contributed by atoms with Gasteiger partial charge in [-0.15, -0.1) is 0 Å². The van der Waals surface area contributed by atoms with Gasteiger partial charge in [-0.1, -0.05) is 6.07 Å². The maximum atomic E-state index is 14.8. The zero-order chi connectivity index (χ0) is 29.3. The van der Waals surface area contributed by atoms with Crippen molar-refractivity contribution < 1.29 is 43.6 Å². The lowest BCUT2D eigenvalue weighted by Crippen LogP contribution is -2.53. The Morgan fingerprint density at radius 3 is 2.40 bits per heavy atom. The van der Waals surface area contributed by atoms with E-state index in [1.54, 1.807) is 0 Å². The number of sulfone groups is 2. The molecule has 1 aromatic carbocycles. The van der Waals surface area contributed by atoms with E-state index in [0.29, 0.717) is 6.92 Å². The number of aryl methyl sites for hydroxylation is 1. The molecule has 3 aliphatic rings. The molecule has 0 saturated carbocycles. The van der Waals surface area contributed by atoms with E-state index in [9.17, 15) is 43.6 Å². The molecule has 218 valence electrons. The van der Waals surface area contributed by atoms with Crippen molar-refractivity contribution in [2.45, 2.75) is 66.6 Å². The number of hydrogen-bond donors (Lipinski definition) is 0. The van der Waals surface area contributed by atoms with Gasteiger partial charge in [-0.05, 0) is 74.4 Å². The summed E-state index contributed by atoms with van der Waals surface area (Å²) >= 11 is 0. The lowest BCUT2D eigenvalue weighted by molar-refractivity contribution is -0.230. The minimum absolute atomic E-state index is 0.0220. The molecule has 7 nitrogen and oxygen atoms in total. The number of likely N-dealkylation sites (tertiary alicyclic amines) is 1. The van der Waals surface area contributed by atoms with Gasteiger partial charge < -0.3 is 4.90 Å². The van der Waals surface area contributed by atoms with Gasteiger partial charge in [-0.2, -0.15) is 13.2 Å². The van der Waals surface area contributed by atoms with E-state index in [1.165, 1.54) is 17.0 Å². The second-order valence-electron chi connectivity index (χ2n) is 10.8. The van der Waals surface area contributed by atoms with E-state index in [4.69, 9.17) is 0 Å². The van der Waals surface area contributed by atoms with Crippen LogP contribution < -0.4 is 0 Å². The third-order valence-corrected chi connectivity index (χ3v) is 12.8. The summed E-state index contributed by atoms with van der Waals surface area (Å²) in [5.41, 5.74) is -4.49. The first-order valence-corrected chi connectivity index (χ1v) is 16.1. The highest BCUT2D eigenvalue weighted by Gasteiger charge is 2.62. The largest absolute Gasteiger partial charge is 0.428 e. The number of aromatic nitrogens is 1. The number of halogens is 5. The molecular weight excluding hydrogens is 579 g/mol. The summed E-state index contributed by atoms with van der Waals surface area (Å²) in [4.78, 5) is 18.4. The van der Waals surface area contributed by atoms with Crippen LogP contribution in [0.2, 0.25) is 0 Å². The van der Waals surface area contributed by atoms with E-state index in [0.717, 1.165) is 24.4 Å². The number of alkyl halides is 4. The molecule has 0 N–H and O–H groups in total. The molecule has 1 aromatic heterocycles. The molecule has 2 aliphatic heterocycles. The van der Waals surface area contributed by atoms with Crippen LogP contribution in [0.4, 0.5) is 22.0 Å². The first-order valence-electron chi connectivity index (χ1n) is 12.8. The Morgan fingerprint density at radius 1 is 1.10 bits per heavy atom. The van der Waals surface area contributed by atoms with E-state index in [-0.39, 0.29) is 66.2 Å². The molecule has 0 bridgehead atoms. The van der Waals surface area contributed by atoms with E-state index in [2.05, 4.69) is 4.98 Å². The lowest BCUT2D eigenvalue weighted by Gasteiger charge is -2.43. The second-order valence-corrected chi connectivity index (χ2v) is 15.4. The van der Waals surface area contributed by atoms with Gasteiger partial charge in [0, 0.05) is 18.7 Å². The van der Waals surface area contributed by atoms with Crippen molar-refractivity contribution in [1.29, 1.82) is 0 Å². The fourth-order valence-corrected chi connectivity index (χ4v) is 10.2. The highest BCUT2D eigenvalue weighted by molar-refractivity contribution is 7.92. The van der Waals surface area contributed by atoms with Crippen LogP contribution in [0.1, 0.15) is 49.4 Å². The number of nitrogens with zero attached hydrogens (tertiary/aromatic N) is 2. The van der Waals surface area contributed by atoms with Gasteiger partial charge in [0.05, 0.1) is 28.1 Å². The molecule has 2 saturated heterocycles. The van der Waals surface area contributed by atoms with Crippen molar-refractivity contribution in [3.8, 4) is 0 Å². The van der Waals surface area contributed by atoms with Gasteiger partial charge in [0.1, 0.15) is 20.4 Å². The standard InChI is InChI=1S/C26H27F5N2O5S2/c1-24(28,26(29,30)31)21-13-17-5-6-22-25(20(17)15-32-21,40(37,38)19-4-2-3-18(27)14-19)9-10-33(22)23(34)16-7-11-39(35,36)12-8-16/h2-4,13-16,22H,5-12H2,1H3. The molecule has 3 heterocycles. The molecule has 40 heavy (non-hydrogen) atoms. The molecule has 3 unspecified atom stereocenters. The average molecular weight is 607 g/mol. The maximum absolute atomic E-state index is 14.8. The Hall–Kier alpha value is -2.61. The Bertz CT molecular complexity index is 1560. The van der Waals surface area contributed by atoms with Gasteiger partial charge >= 0.3 is 6.18 Å². The third-order valence-electron chi connectivity index (χ3n) is 8.56. The smallest absolute Gasteiger partial charge is 0.337 e. The van der Waals surface area contributed by atoms with Gasteiger partial charge in [-0.25, -0.2) is 25.6 Å². The van der Waals surface area contributed by atoms with Crippen LogP contribution in [0.5, 0.6) is 0 Å². The summed E-state index contributed by atoms with van der Waals surface area (Å²) in [6.07, 6.45) is -4.18. The molecule has 0 spiro atoms. The molecule has 0 radical (unpaired) electrons. The third kappa shape index (κ3) is 4.41. The summed E-state index contributed by atoms with van der Waals surface area (Å²) in [7, 11) is -7.73. The number of carbonyl (C=O) groups excluding carboxylic acids is 1. The zero-order valence-corrected chi connectivity index (χ0v) is 23.1. The zero-order valence-electron chi connectivity index (χ0n) is 21.4. The number of hydrogen-bond acceptors (Lipinski definition) is 6. The normalized spacial score (nSPS) is 26.6. The Balaban J connectivity index is 1.63. The van der Waals surface area contributed by atoms with Crippen LogP contribution in [-0.4, -0.2) is 62.9 Å². The molecule has 2 fully saturated rings. The Kier molecular flexibility index (Phi) is 6.84. The molecule has 14 heteroatoms. The van der Waals surface area contributed by atoms with E-state index in [1.807, 2.05) is 0 Å². The van der Waals surface area contributed by atoms with Crippen molar-refractivity contribution in [3.05, 3.63) is 59.2 Å². The van der Waals surface area contributed by atoms with Gasteiger partial charge in [0.25, 0.3) is 0 Å². The fourth-order valence-electron chi connectivity index (χ4n) is 6.28. The minimum atomic E-state index is -5.26. The van der Waals surface area contributed by atoms with Crippen molar-refractivity contribution in [2.24, 2.45) is 5.92 Å². The number of pyridine rings is 1. The van der Waals surface area contributed by atoms with Crippen molar-refractivity contribution in [1.82, 2.24) is 9.88 Å². The predicted octanol–water partition coefficient (Wildman–Crippen LogP) is 4.01. The summed E-state index contributed by atoms with van der Waals surface area (Å²) in [6, 6.07) is 4.30. The predicted molar refractivity (Wildman–Crippen MR) is 134 cm³/mol. The molecule has 1 aliphatic carbocycles. The monoisotopic (exact) mass is 606 g/mol. The first-order chi connectivity index (χ1) is 18.5. The number of fused-ring (bicyclic) bond motifs is 3. The van der Waals surface area contributed by atoms with E-state index >= 15 is 0 Å². The number of amides is 1. The SMILES string of the molecule is CC(F)(c1cc2c(cn1)C1(S(=O)(=O)c3cccc(F)c3)CCN(C(=O)C3CCS(=O)(=O)CC3)C1CC2)C(F)(F)F. The quantitative estimate of drug-likeness (QED) is 0.488. The van der Waals surface area contributed by atoms with E-state index < -0.39 is 65.6 Å². The highest BCUT2D eigenvalue weighted by Crippen LogP contribution is 2.54. The van der Waals surface area contributed by atoms with Crippen LogP contribution in [0.3, 0.4) is 0 Å². The molecular formula is C26H27F5N2O5S2. The average Bonchev–Trinajstić information content (AvgIpc) is 3.29. The second kappa shape index (κ2) is 9.47. The van der Waals surface area contributed by atoms with Crippen LogP contribution in [0, 0.1) is 11.7 Å². The molecule has 3 atom stereocenters. The van der Waals surface area contributed by atoms with Gasteiger partial charge in [-0.3, -0.25) is 9.78 Å². The van der Waals surface area contributed by atoms with Crippen LogP contribution in [-0.2, 0) is 41.3 Å². The number of rotatable bonds is 4. The van der Waals surface area contributed by atoms with Crippen molar-refractivity contribution in [3.63, 3.8) is 0 Å². The molecule has 2 aromatic rings.